The smallest absolute Gasteiger partial charge is 0.109 e. The van der Waals surface area contributed by atoms with Crippen molar-refractivity contribution in [3.63, 3.8) is 0 Å². The summed E-state index contributed by atoms with van der Waals surface area (Å²) in [6, 6.07) is 10.1. The number of hydrogen-bond acceptors (Lipinski definition) is 3. The Morgan fingerprint density at radius 3 is 3.08 bits per heavy atom. The van der Waals surface area contributed by atoms with Crippen LogP contribution in [0.2, 0.25) is 0 Å². The predicted octanol–water partition coefficient (Wildman–Crippen LogP) is 2.84. The lowest BCUT2D eigenvalue weighted by Crippen LogP contribution is -1.63. The van der Waals surface area contributed by atoms with Crippen LogP contribution in [-0.4, -0.2) is 9.36 Å². The van der Waals surface area contributed by atoms with Crippen molar-refractivity contribution in [2.75, 3.05) is 0 Å². The Hall–Kier alpha value is -1.48. The standard InChI is InChI=1S/C10H6N2S/c1-2-6-11-13-10-7(3-1)4-5-8-9(10)12-8/h1-6H. The van der Waals surface area contributed by atoms with E-state index in [0.717, 1.165) is 11.0 Å². The fraction of sp³-hybridized carbons (Fsp3) is 0. The quantitative estimate of drug-likeness (QED) is 0.539. The van der Waals surface area contributed by atoms with Crippen LogP contribution in [0.5, 0.6) is 0 Å². The first-order chi connectivity index (χ1) is 6.45. The molecule has 0 aliphatic rings. The lowest BCUT2D eigenvalue weighted by atomic mass is 10.2. The molecule has 3 aromatic rings. The minimum absolute atomic E-state index is 1.11. The van der Waals surface area contributed by atoms with Gasteiger partial charge in [0.05, 0.1) is 10.2 Å². The lowest BCUT2D eigenvalue weighted by molar-refractivity contribution is 1.55. The van der Waals surface area contributed by atoms with E-state index in [-0.39, 0.29) is 0 Å². The first-order valence-corrected chi connectivity index (χ1v) is 4.81. The highest BCUT2D eigenvalue weighted by Crippen LogP contribution is 2.28. The second-order valence-electron chi connectivity index (χ2n) is 2.86. The van der Waals surface area contributed by atoms with Crippen LogP contribution in [0.25, 0.3) is 21.1 Å². The van der Waals surface area contributed by atoms with Gasteiger partial charge in [-0.1, -0.05) is 18.2 Å². The average Bonchev–Trinajstić information content (AvgIpc) is 2.83. The van der Waals surface area contributed by atoms with Crippen LogP contribution in [0.3, 0.4) is 0 Å². The Labute approximate surface area is 79.0 Å². The molecule has 0 unspecified atom stereocenters. The number of benzene rings is 1. The monoisotopic (exact) mass is 186 g/mol. The van der Waals surface area contributed by atoms with Crippen molar-refractivity contribution < 1.29 is 0 Å². The molecular formula is C10H6N2S. The molecule has 0 saturated heterocycles. The van der Waals surface area contributed by atoms with E-state index in [1.54, 1.807) is 6.20 Å². The van der Waals surface area contributed by atoms with E-state index in [2.05, 4.69) is 21.5 Å². The van der Waals surface area contributed by atoms with Gasteiger partial charge in [0.15, 0.2) is 0 Å². The van der Waals surface area contributed by atoms with E-state index in [0.29, 0.717) is 0 Å². The first kappa shape index (κ1) is 6.97. The van der Waals surface area contributed by atoms with E-state index < -0.39 is 0 Å². The molecule has 0 aliphatic heterocycles. The maximum absolute atomic E-state index is 4.26. The molecule has 2 aromatic heterocycles. The summed E-state index contributed by atoms with van der Waals surface area (Å²) in [6.45, 7) is 0. The molecule has 0 bridgehead atoms. The van der Waals surface area contributed by atoms with Crippen molar-refractivity contribution in [3.05, 3.63) is 36.5 Å². The van der Waals surface area contributed by atoms with Gasteiger partial charge in [-0.2, -0.15) is 0 Å². The zero-order valence-electron chi connectivity index (χ0n) is 6.77. The Balaban J connectivity index is 2.53. The molecule has 0 fully saturated rings. The molecule has 0 radical (unpaired) electrons. The lowest BCUT2D eigenvalue weighted by Gasteiger charge is -1.86. The number of hydrogen-bond donors (Lipinski definition) is 0. The fourth-order valence-corrected chi connectivity index (χ4v) is 2.03. The van der Waals surface area contributed by atoms with Gasteiger partial charge in [0.2, 0.25) is 0 Å². The molecule has 3 heteroatoms. The zero-order valence-corrected chi connectivity index (χ0v) is 7.58. The van der Waals surface area contributed by atoms with Gasteiger partial charge < -0.3 is 0 Å². The molecule has 0 spiro atoms. The van der Waals surface area contributed by atoms with Crippen molar-refractivity contribution in [2.24, 2.45) is 0 Å². The van der Waals surface area contributed by atoms with Crippen LogP contribution >= 0.6 is 11.5 Å². The molecule has 0 aliphatic carbocycles. The van der Waals surface area contributed by atoms with Gasteiger partial charge in [0.25, 0.3) is 0 Å². The zero-order chi connectivity index (χ0) is 8.67. The summed E-state index contributed by atoms with van der Waals surface area (Å²) >= 11 is 1.49. The van der Waals surface area contributed by atoms with E-state index in [1.807, 2.05) is 18.2 Å². The highest BCUT2D eigenvalue weighted by Gasteiger charge is 2.07. The summed E-state index contributed by atoms with van der Waals surface area (Å²) in [7, 11) is 0. The van der Waals surface area contributed by atoms with Gasteiger partial charge in [0.1, 0.15) is 5.52 Å². The first-order valence-electron chi connectivity index (χ1n) is 4.04. The number of rotatable bonds is 0. The Morgan fingerprint density at radius 2 is 2.08 bits per heavy atom. The molecule has 3 rings (SSSR count). The van der Waals surface area contributed by atoms with E-state index in [4.69, 9.17) is 0 Å². The number of nitrogens with zero attached hydrogens (tertiary/aromatic N) is 2. The fourth-order valence-electron chi connectivity index (χ4n) is 1.31. The molecule has 2 nitrogen and oxygen atoms in total. The molecule has 0 N–H and O–H groups in total. The third-order valence-corrected chi connectivity index (χ3v) is 2.84. The molecule has 0 saturated carbocycles. The van der Waals surface area contributed by atoms with Crippen LogP contribution in [0.1, 0.15) is 0 Å². The van der Waals surface area contributed by atoms with Gasteiger partial charge >= 0.3 is 0 Å². The molecule has 0 amide bonds. The minimum atomic E-state index is 1.11. The molecule has 13 heavy (non-hydrogen) atoms. The normalized spacial score (nSPS) is 11.1. The SMILES string of the molecule is c1ccc2ccc3nc3c2snc1. The van der Waals surface area contributed by atoms with Gasteiger partial charge in [-0.25, -0.2) is 9.36 Å². The summed E-state index contributed by atoms with van der Waals surface area (Å²) in [5.74, 6) is 0. The van der Waals surface area contributed by atoms with Gasteiger partial charge in [-0.3, -0.25) is 0 Å². The minimum Gasteiger partial charge on any atom is -0.243 e. The molecule has 1 aromatic carbocycles. The van der Waals surface area contributed by atoms with Crippen molar-refractivity contribution in [2.45, 2.75) is 0 Å². The van der Waals surface area contributed by atoms with Crippen LogP contribution in [-0.2, 0) is 0 Å². The van der Waals surface area contributed by atoms with Crippen molar-refractivity contribution in [1.82, 2.24) is 9.36 Å². The van der Waals surface area contributed by atoms with Gasteiger partial charge in [-0.15, -0.1) is 0 Å². The molecule has 2 heterocycles. The summed E-state index contributed by atoms with van der Waals surface area (Å²) in [4.78, 5) is 4.26. The second-order valence-corrected chi connectivity index (χ2v) is 3.66. The molecule has 0 atom stereocenters. The van der Waals surface area contributed by atoms with E-state index in [9.17, 15) is 0 Å². The highest BCUT2D eigenvalue weighted by molar-refractivity contribution is 7.13. The summed E-state index contributed by atoms with van der Waals surface area (Å²) in [6.07, 6.45) is 1.80. The Kier molecular flexibility index (Phi) is 1.34. The van der Waals surface area contributed by atoms with Crippen LogP contribution in [0.4, 0.5) is 0 Å². The third-order valence-electron chi connectivity index (χ3n) is 2.00. The van der Waals surface area contributed by atoms with Crippen molar-refractivity contribution in [1.29, 1.82) is 0 Å². The summed E-state index contributed by atoms with van der Waals surface area (Å²) < 4.78 is 5.37. The van der Waals surface area contributed by atoms with Crippen LogP contribution in [0.15, 0.2) is 36.5 Å². The second kappa shape index (κ2) is 2.50. The van der Waals surface area contributed by atoms with Gasteiger partial charge in [-0.05, 0) is 29.1 Å². The maximum Gasteiger partial charge on any atom is 0.109 e. The van der Waals surface area contributed by atoms with Crippen LogP contribution < -0.4 is 0 Å². The third kappa shape index (κ3) is 1.09. The van der Waals surface area contributed by atoms with Gasteiger partial charge in [0, 0.05) is 6.20 Å². The van der Waals surface area contributed by atoms with Crippen molar-refractivity contribution >= 4 is 32.7 Å². The summed E-state index contributed by atoms with van der Waals surface area (Å²) in [5.41, 5.74) is 2.23. The van der Waals surface area contributed by atoms with E-state index >= 15 is 0 Å². The number of aromatic nitrogens is 2. The van der Waals surface area contributed by atoms with Crippen molar-refractivity contribution in [3.8, 4) is 0 Å². The topological polar surface area (TPSA) is 25.8 Å². The average molecular weight is 186 g/mol. The Bertz CT molecular complexity index is 571. The molecule has 62 valence electrons. The number of fused-ring (bicyclic) bond motifs is 3. The largest absolute Gasteiger partial charge is 0.243 e. The van der Waals surface area contributed by atoms with E-state index in [1.165, 1.54) is 21.6 Å². The highest BCUT2D eigenvalue weighted by atomic mass is 32.1. The maximum atomic E-state index is 4.26. The van der Waals surface area contributed by atoms with Crippen LogP contribution in [0, 0.1) is 0 Å². The predicted molar refractivity (Wildman–Crippen MR) is 54.9 cm³/mol. The molecular weight excluding hydrogens is 180 g/mol. The Morgan fingerprint density at radius 1 is 1.08 bits per heavy atom. The summed E-state index contributed by atoms with van der Waals surface area (Å²) in [5, 5.41) is 1.21.